The van der Waals surface area contributed by atoms with Crippen molar-refractivity contribution in [2.24, 2.45) is 5.92 Å². The lowest BCUT2D eigenvalue weighted by Crippen LogP contribution is -2.49. The fourth-order valence-electron chi connectivity index (χ4n) is 4.63. The molecule has 6 heteroatoms. The molecule has 2 aliphatic heterocycles. The van der Waals surface area contributed by atoms with Gasteiger partial charge in [0, 0.05) is 55.3 Å². The molecule has 28 heavy (non-hydrogen) atoms. The van der Waals surface area contributed by atoms with E-state index in [-0.39, 0.29) is 23.9 Å². The first-order valence-corrected chi connectivity index (χ1v) is 9.73. The number of likely N-dealkylation sites (tertiary alicyclic amines) is 1. The van der Waals surface area contributed by atoms with Crippen molar-refractivity contribution in [3.05, 3.63) is 77.0 Å². The summed E-state index contributed by atoms with van der Waals surface area (Å²) >= 11 is 0. The Hall–Kier alpha value is -3.15. The number of amides is 1. The van der Waals surface area contributed by atoms with Gasteiger partial charge in [0.25, 0.3) is 5.56 Å². The smallest absolute Gasteiger partial charge is 0.250 e. The van der Waals surface area contributed by atoms with Gasteiger partial charge in [-0.2, -0.15) is 0 Å². The number of pyridine rings is 1. The average Bonchev–Trinajstić information content (AvgIpc) is 3.17. The first kappa shape index (κ1) is 17.0. The second-order valence-electron chi connectivity index (χ2n) is 7.74. The zero-order valence-corrected chi connectivity index (χ0v) is 15.6. The van der Waals surface area contributed by atoms with Crippen molar-refractivity contribution in [2.45, 2.75) is 25.4 Å². The second-order valence-corrected chi connectivity index (χ2v) is 7.74. The molecule has 4 heterocycles. The molecule has 5 rings (SSSR count). The van der Waals surface area contributed by atoms with Crippen LogP contribution in [0.4, 0.5) is 0 Å². The molecule has 0 N–H and O–H groups in total. The molecule has 0 aliphatic carbocycles. The number of nitrogens with zero attached hydrogens (tertiary/aromatic N) is 4. The monoisotopic (exact) mass is 374 g/mol. The van der Waals surface area contributed by atoms with Crippen LogP contribution >= 0.6 is 0 Å². The maximum atomic E-state index is 13.1. The van der Waals surface area contributed by atoms with Crippen LogP contribution in [0, 0.1) is 5.92 Å². The summed E-state index contributed by atoms with van der Waals surface area (Å²) in [5, 5.41) is 0. The third-order valence-corrected chi connectivity index (χ3v) is 5.89. The molecule has 3 aromatic rings. The first-order chi connectivity index (χ1) is 13.7. The quantitative estimate of drug-likeness (QED) is 0.707. The molecular weight excluding hydrogens is 352 g/mol. The minimum Gasteiger partial charge on any atom is -0.340 e. The molecule has 2 atom stereocenters. The van der Waals surface area contributed by atoms with E-state index in [0.29, 0.717) is 25.6 Å². The molecule has 1 aromatic carbocycles. The van der Waals surface area contributed by atoms with Crippen LogP contribution in [-0.4, -0.2) is 38.0 Å². The van der Waals surface area contributed by atoms with Gasteiger partial charge in [-0.25, -0.2) is 4.98 Å². The van der Waals surface area contributed by atoms with Crippen LogP contribution in [0.5, 0.6) is 0 Å². The molecule has 1 fully saturated rings. The van der Waals surface area contributed by atoms with Crippen molar-refractivity contribution in [1.82, 2.24) is 19.0 Å². The summed E-state index contributed by atoms with van der Waals surface area (Å²) in [7, 11) is 0. The van der Waals surface area contributed by atoms with Gasteiger partial charge in [-0.15, -0.1) is 0 Å². The van der Waals surface area contributed by atoms with Gasteiger partial charge in [0.2, 0.25) is 5.91 Å². The molecule has 0 saturated carbocycles. The molecule has 2 aromatic heterocycles. The molecular formula is C22H22N4O2. The molecule has 2 unspecified atom stereocenters. The lowest BCUT2D eigenvalue weighted by molar-refractivity contribution is -0.134. The minimum atomic E-state index is 0.0675. The van der Waals surface area contributed by atoms with Gasteiger partial charge >= 0.3 is 0 Å². The van der Waals surface area contributed by atoms with Gasteiger partial charge in [0.15, 0.2) is 0 Å². The Morgan fingerprint density at radius 2 is 1.89 bits per heavy atom. The highest BCUT2D eigenvalue weighted by Gasteiger charge is 2.36. The Labute approximate surface area is 163 Å². The number of hydrogen-bond donors (Lipinski definition) is 0. The van der Waals surface area contributed by atoms with Gasteiger partial charge < -0.3 is 14.0 Å². The van der Waals surface area contributed by atoms with Crippen molar-refractivity contribution in [1.29, 1.82) is 0 Å². The minimum absolute atomic E-state index is 0.0675. The summed E-state index contributed by atoms with van der Waals surface area (Å²) in [5.41, 5.74) is 2.14. The van der Waals surface area contributed by atoms with Gasteiger partial charge in [0.1, 0.15) is 12.4 Å². The number of aromatic nitrogens is 3. The molecule has 2 aliphatic rings. The Bertz CT molecular complexity index is 1070. The van der Waals surface area contributed by atoms with Crippen molar-refractivity contribution >= 4 is 5.91 Å². The third-order valence-electron chi connectivity index (χ3n) is 5.89. The van der Waals surface area contributed by atoms with E-state index in [0.717, 1.165) is 23.5 Å². The van der Waals surface area contributed by atoms with Crippen molar-refractivity contribution in [3.63, 3.8) is 0 Å². The van der Waals surface area contributed by atoms with Crippen molar-refractivity contribution < 1.29 is 4.79 Å². The highest BCUT2D eigenvalue weighted by molar-refractivity contribution is 5.77. The van der Waals surface area contributed by atoms with Crippen LogP contribution in [0.1, 0.15) is 18.0 Å². The van der Waals surface area contributed by atoms with E-state index in [1.807, 2.05) is 62.7 Å². The van der Waals surface area contributed by atoms with Gasteiger partial charge in [-0.05, 0) is 18.4 Å². The molecule has 142 valence electrons. The number of carbonyl (C=O) groups is 1. The summed E-state index contributed by atoms with van der Waals surface area (Å²) in [6.45, 7) is 2.38. The zero-order valence-electron chi connectivity index (χ0n) is 15.6. The van der Waals surface area contributed by atoms with Crippen LogP contribution in [0.25, 0.3) is 11.4 Å². The zero-order chi connectivity index (χ0) is 19.1. The van der Waals surface area contributed by atoms with E-state index in [2.05, 4.69) is 4.98 Å². The summed E-state index contributed by atoms with van der Waals surface area (Å²) in [6.07, 6.45) is 4.65. The van der Waals surface area contributed by atoms with E-state index >= 15 is 0 Å². The molecule has 0 radical (unpaired) electrons. The maximum Gasteiger partial charge on any atom is 0.250 e. The predicted molar refractivity (Wildman–Crippen MR) is 106 cm³/mol. The van der Waals surface area contributed by atoms with Gasteiger partial charge in [-0.1, -0.05) is 36.4 Å². The van der Waals surface area contributed by atoms with Gasteiger partial charge in [-0.3, -0.25) is 9.59 Å². The van der Waals surface area contributed by atoms with Crippen LogP contribution in [0.15, 0.2) is 65.7 Å². The number of imidazole rings is 1. The first-order valence-electron chi connectivity index (χ1n) is 9.73. The Kier molecular flexibility index (Phi) is 4.11. The van der Waals surface area contributed by atoms with Crippen molar-refractivity contribution in [2.75, 3.05) is 13.1 Å². The number of rotatable bonds is 3. The van der Waals surface area contributed by atoms with Crippen LogP contribution < -0.4 is 5.56 Å². The van der Waals surface area contributed by atoms with Crippen LogP contribution in [-0.2, 0) is 17.9 Å². The van der Waals surface area contributed by atoms with Crippen LogP contribution in [0.3, 0.4) is 0 Å². The van der Waals surface area contributed by atoms with Crippen LogP contribution in [0.2, 0.25) is 0 Å². The normalized spacial score (nSPS) is 20.6. The summed E-state index contributed by atoms with van der Waals surface area (Å²) in [5.74, 6) is 1.49. The number of benzene rings is 1. The highest BCUT2D eigenvalue weighted by Crippen LogP contribution is 2.35. The van der Waals surface area contributed by atoms with E-state index in [1.54, 1.807) is 12.3 Å². The third kappa shape index (κ3) is 2.95. The SMILES string of the molecule is O=C(Cn1ccnc1-c1ccccc1)N1CC2CC(C1)c1cccc(=O)n1C2. The fraction of sp³-hybridized carbons (Fsp3) is 0.318. The van der Waals surface area contributed by atoms with E-state index in [9.17, 15) is 9.59 Å². The largest absolute Gasteiger partial charge is 0.340 e. The average molecular weight is 374 g/mol. The number of fused-ring (bicyclic) bond motifs is 4. The van der Waals surface area contributed by atoms with Gasteiger partial charge in [0.05, 0.1) is 0 Å². The Morgan fingerprint density at radius 3 is 2.75 bits per heavy atom. The molecule has 1 saturated heterocycles. The molecule has 0 spiro atoms. The van der Waals surface area contributed by atoms with E-state index in [1.165, 1.54) is 0 Å². The molecule has 2 bridgehead atoms. The lowest BCUT2D eigenvalue weighted by atomic mass is 9.83. The van der Waals surface area contributed by atoms with E-state index in [4.69, 9.17) is 0 Å². The summed E-state index contributed by atoms with van der Waals surface area (Å²) < 4.78 is 3.81. The summed E-state index contributed by atoms with van der Waals surface area (Å²) in [4.78, 5) is 31.6. The Morgan fingerprint density at radius 1 is 1.04 bits per heavy atom. The highest BCUT2D eigenvalue weighted by atomic mass is 16.2. The fourth-order valence-corrected chi connectivity index (χ4v) is 4.63. The Balaban J connectivity index is 1.36. The topological polar surface area (TPSA) is 60.1 Å². The standard InChI is InChI=1S/C22H22N4O2/c27-20-8-4-7-19-18-11-16(13-26(19)20)12-25(14-18)21(28)15-24-10-9-23-22(24)17-5-2-1-3-6-17/h1-10,16,18H,11-15H2. The second kappa shape index (κ2) is 6.78. The molecule has 6 nitrogen and oxygen atoms in total. The number of piperidine rings is 1. The number of hydrogen-bond acceptors (Lipinski definition) is 3. The molecule has 1 amide bonds. The summed E-state index contributed by atoms with van der Waals surface area (Å²) in [6, 6.07) is 15.4. The predicted octanol–water partition coefficient (Wildman–Crippen LogP) is 2.36. The maximum absolute atomic E-state index is 13.1. The van der Waals surface area contributed by atoms with E-state index < -0.39 is 0 Å². The van der Waals surface area contributed by atoms with Crippen molar-refractivity contribution in [3.8, 4) is 11.4 Å². The number of carbonyl (C=O) groups excluding carboxylic acids is 1. The lowest BCUT2D eigenvalue weighted by Gasteiger charge is -2.42.